The Bertz CT molecular complexity index is 1360. The van der Waals surface area contributed by atoms with Crippen LogP contribution in [0.1, 0.15) is 24.1 Å². The summed E-state index contributed by atoms with van der Waals surface area (Å²) < 4.78 is 7.60. The fraction of sp³-hybridized carbons (Fsp3) is 0.250. The maximum atomic E-state index is 6.53. The average molecular weight is 485 g/mol. The first-order valence-corrected chi connectivity index (χ1v) is 12.1. The molecule has 1 N–H and O–H groups in total. The predicted molar refractivity (Wildman–Crippen MR) is 133 cm³/mol. The minimum absolute atomic E-state index is 0.174. The molecule has 4 aromatic rings. The number of nitrogens with one attached hydrogen (secondary N) is 1. The first-order valence-electron chi connectivity index (χ1n) is 10.5. The summed E-state index contributed by atoms with van der Waals surface area (Å²) in [7, 11) is 0. The van der Waals surface area contributed by atoms with Crippen molar-refractivity contribution in [3.8, 4) is 11.3 Å². The molecule has 0 saturated carbocycles. The Kier molecular flexibility index (Phi) is 6.20. The van der Waals surface area contributed by atoms with E-state index in [0.717, 1.165) is 57.7 Å². The Labute approximate surface area is 200 Å². The Morgan fingerprint density at radius 1 is 1.25 bits per heavy atom. The normalized spacial score (nSPS) is 17.2. The molecule has 32 heavy (non-hydrogen) atoms. The van der Waals surface area contributed by atoms with Gasteiger partial charge in [-0.2, -0.15) is 5.10 Å². The van der Waals surface area contributed by atoms with Crippen LogP contribution in [0.4, 0.5) is 0 Å². The number of aryl methyl sites for hydroxylation is 1. The van der Waals surface area contributed by atoms with E-state index in [9.17, 15) is 0 Å². The number of hydrogen-bond donors (Lipinski definition) is 1. The monoisotopic (exact) mass is 484 g/mol. The molecule has 1 aliphatic heterocycles. The number of aromatic amines is 1. The van der Waals surface area contributed by atoms with Crippen LogP contribution < -0.4 is 4.80 Å². The van der Waals surface area contributed by atoms with E-state index in [0.29, 0.717) is 16.6 Å². The standard InChI is InChI=1S/C24H22Cl2N4OS/c1-15-20(18-6-2-3-7-22(18)29-15)13-28-30-23(19-9-8-16(25)11-21(19)26)14-32-24(30)27-12-17-5-4-10-31-17/h2-3,6-9,11,13-14,17,29H,4-5,10,12H2,1H3/b27-24?,28-13+/t17-/m1/s1. The smallest absolute Gasteiger partial charge is 0.206 e. The maximum Gasteiger partial charge on any atom is 0.206 e. The molecule has 5 nitrogen and oxygen atoms in total. The molecule has 1 saturated heterocycles. The highest BCUT2D eigenvalue weighted by Gasteiger charge is 2.16. The van der Waals surface area contributed by atoms with Gasteiger partial charge >= 0.3 is 0 Å². The van der Waals surface area contributed by atoms with Crippen LogP contribution in [-0.4, -0.2) is 35.1 Å². The van der Waals surface area contributed by atoms with Crippen molar-refractivity contribution in [1.82, 2.24) is 9.66 Å². The van der Waals surface area contributed by atoms with E-state index >= 15 is 0 Å². The van der Waals surface area contributed by atoms with E-state index in [4.69, 9.17) is 38.0 Å². The van der Waals surface area contributed by atoms with E-state index in [1.54, 1.807) is 6.07 Å². The van der Waals surface area contributed by atoms with E-state index in [1.165, 1.54) is 11.3 Å². The largest absolute Gasteiger partial charge is 0.376 e. The molecule has 0 amide bonds. The maximum absolute atomic E-state index is 6.53. The highest BCUT2D eigenvalue weighted by molar-refractivity contribution is 7.07. The minimum atomic E-state index is 0.174. The summed E-state index contributed by atoms with van der Waals surface area (Å²) in [5.41, 5.74) is 4.94. The first-order chi connectivity index (χ1) is 15.6. The first kappa shape index (κ1) is 21.5. The van der Waals surface area contributed by atoms with Gasteiger partial charge < -0.3 is 9.72 Å². The third-order valence-corrected chi connectivity index (χ3v) is 6.99. The molecular formula is C24H22Cl2N4OS. The highest BCUT2D eigenvalue weighted by Crippen LogP contribution is 2.31. The molecule has 5 rings (SSSR count). The number of H-pyrrole nitrogens is 1. The zero-order valence-corrected chi connectivity index (χ0v) is 19.8. The summed E-state index contributed by atoms with van der Waals surface area (Å²) in [6.45, 7) is 3.49. The summed E-state index contributed by atoms with van der Waals surface area (Å²) in [4.78, 5) is 9.06. The second kappa shape index (κ2) is 9.24. The molecule has 8 heteroatoms. The number of ether oxygens (including phenoxy) is 1. The van der Waals surface area contributed by atoms with Gasteiger partial charge in [-0.05, 0) is 44.0 Å². The summed E-state index contributed by atoms with van der Waals surface area (Å²) >= 11 is 14.2. The van der Waals surface area contributed by atoms with Crippen LogP contribution >= 0.6 is 34.5 Å². The number of hydrogen-bond acceptors (Lipinski definition) is 4. The molecule has 2 aromatic heterocycles. The zero-order chi connectivity index (χ0) is 22.1. The van der Waals surface area contributed by atoms with Gasteiger partial charge in [0.15, 0.2) is 0 Å². The van der Waals surface area contributed by atoms with Crippen molar-refractivity contribution in [2.45, 2.75) is 25.9 Å². The van der Waals surface area contributed by atoms with Crippen LogP contribution in [0.15, 0.2) is 57.9 Å². The van der Waals surface area contributed by atoms with Crippen LogP contribution in [-0.2, 0) is 4.74 Å². The van der Waals surface area contributed by atoms with Crippen molar-refractivity contribution in [2.75, 3.05) is 13.2 Å². The Morgan fingerprint density at radius 3 is 2.94 bits per heavy atom. The number of para-hydroxylation sites is 1. The van der Waals surface area contributed by atoms with E-state index in [2.05, 4.69) is 24.0 Å². The van der Waals surface area contributed by atoms with Gasteiger partial charge in [0.25, 0.3) is 0 Å². The van der Waals surface area contributed by atoms with Crippen LogP contribution in [0.5, 0.6) is 0 Å². The number of nitrogens with zero attached hydrogens (tertiary/aromatic N) is 3. The summed E-state index contributed by atoms with van der Waals surface area (Å²) in [5.74, 6) is 0. The molecular weight excluding hydrogens is 463 g/mol. The lowest BCUT2D eigenvalue weighted by Crippen LogP contribution is -2.17. The number of thiazole rings is 1. The average Bonchev–Trinajstić information content (AvgIpc) is 3.50. The van der Waals surface area contributed by atoms with E-state index < -0.39 is 0 Å². The van der Waals surface area contributed by atoms with Crippen molar-refractivity contribution in [3.63, 3.8) is 0 Å². The molecule has 0 spiro atoms. The molecule has 1 aliphatic rings. The van der Waals surface area contributed by atoms with Crippen molar-refractivity contribution >= 4 is 51.7 Å². The zero-order valence-electron chi connectivity index (χ0n) is 17.5. The number of halogens is 2. The number of rotatable bonds is 5. The second-order valence-corrected chi connectivity index (χ2v) is 9.45. The molecule has 164 valence electrons. The summed E-state index contributed by atoms with van der Waals surface area (Å²) in [6, 6.07) is 13.7. The number of benzene rings is 2. The molecule has 0 radical (unpaired) electrons. The van der Waals surface area contributed by atoms with Crippen LogP contribution in [0.3, 0.4) is 0 Å². The lowest BCUT2D eigenvalue weighted by atomic mass is 10.1. The van der Waals surface area contributed by atoms with Gasteiger partial charge in [-0.15, -0.1) is 11.3 Å². The van der Waals surface area contributed by atoms with Crippen LogP contribution in [0.25, 0.3) is 22.2 Å². The van der Waals surface area contributed by atoms with Gasteiger partial charge in [0, 0.05) is 44.7 Å². The van der Waals surface area contributed by atoms with Crippen molar-refractivity contribution in [3.05, 3.63) is 73.9 Å². The summed E-state index contributed by atoms with van der Waals surface area (Å²) in [6.07, 6.45) is 4.20. The number of aromatic nitrogens is 2. The van der Waals surface area contributed by atoms with Crippen molar-refractivity contribution in [2.24, 2.45) is 10.1 Å². The fourth-order valence-electron chi connectivity index (χ4n) is 3.95. The predicted octanol–water partition coefficient (Wildman–Crippen LogP) is 6.28. The molecule has 0 bridgehead atoms. The van der Waals surface area contributed by atoms with Gasteiger partial charge in [-0.25, -0.2) is 4.68 Å². The molecule has 0 aliphatic carbocycles. The Morgan fingerprint density at radius 2 is 2.12 bits per heavy atom. The fourth-order valence-corrected chi connectivity index (χ4v) is 5.29. The van der Waals surface area contributed by atoms with E-state index in [-0.39, 0.29) is 6.10 Å². The third kappa shape index (κ3) is 4.28. The van der Waals surface area contributed by atoms with Crippen LogP contribution in [0.2, 0.25) is 10.0 Å². The lowest BCUT2D eigenvalue weighted by Gasteiger charge is -2.07. The summed E-state index contributed by atoms with van der Waals surface area (Å²) in [5, 5.41) is 9.20. The lowest BCUT2D eigenvalue weighted by molar-refractivity contribution is 0.117. The highest BCUT2D eigenvalue weighted by atomic mass is 35.5. The third-order valence-electron chi connectivity index (χ3n) is 5.59. The van der Waals surface area contributed by atoms with Crippen LogP contribution in [0, 0.1) is 6.92 Å². The van der Waals surface area contributed by atoms with Gasteiger partial charge in [-0.3, -0.25) is 4.99 Å². The molecule has 1 fully saturated rings. The minimum Gasteiger partial charge on any atom is -0.376 e. The van der Waals surface area contributed by atoms with Gasteiger partial charge in [0.05, 0.1) is 29.6 Å². The van der Waals surface area contributed by atoms with Gasteiger partial charge in [0.1, 0.15) is 0 Å². The SMILES string of the molecule is Cc1[nH]c2ccccc2c1/C=N/n1c(-c2ccc(Cl)cc2Cl)csc1=NC[C@H]1CCCO1. The Hall–Kier alpha value is -2.38. The quantitative estimate of drug-likeness (QED) is 0.333. The Balaban J connectivity index is 1.60. The van der Waals surface area contributed by atoms with Gasteiger partial charge in [0.2, 0.25) is 4.80 Å². The molecule has 1 atom stereocenters. The van der Waals surface area contributed by atoms with Crippen molar-refractivity contribution < 1.29 is 4.74 Å². The van der Waals surface area contributed by atoms with Gasteiger partial charge in [-0.1, -0.05) is 41.4 Å². The number of fused-ring (bicyclic) bond motifs is 1. The topological polar surface area (TPSA) is 54.7 Å². The molecule has 2 aromatic carbocycles. The van der Waals surface area contributed by atoms with E-state index in [1.807, 2.05) is 40.5 Å². The molecule has 3 heterocycles. The van der Waals surface area contributed by atoms with Crippen molar-refractivity contribution in [1.29, 1.82) is 0 Å². The second-order valence-electron chi connectivity index (χ2n) is 7.77. The molecule has 0 unspecified atom stereocenters.